The van der Waals surface area contributed by atoms with Crippen LogP contribution >= 0.6 is 0 Å². The Balaban J connectivity index is 2.50. The van der Waals surface area contributed by atoms with Gasteiger partial charge in [-0.2, -0.15) is 0 Å². The summed E-state index contributed by atoms with van der Waals surface area (Å²) >= 11 is 0. The van der Waals surface area contributed by atoms with Crippen molar-refractivity contribution in [3.8, 4) is 11.1 Å². The van der Waals surface area contributed by atoms with Gasteiger partial charge in [-0.25, -0.2) is 13.8 Å². The van der Waals surface area contributed by atoms with Crippen LogP contribution in [-0.4, -0.2) is 4.98 Å². The van der Waals surface area contributed by atoms with Crippen molar-refractivity contribution in [2.45, 2.75) is 6.92 Å². The summed E-state index contributed by atoms with van der Waals surface area (Å²) in [5.41, 5.74) is 6.89. The van der Waals surface area contributed by atoms with Gasteiger partial charge in [0.25, 0.3) is 0 Å². The van der Waals surface area contributed by atoms with Crippen molar-refractivity contribution in [3.05, 3.63) is 47.7 Å². The number of halogens is 2. The molecule has 0 unspecified atom stereocenters. The van der Waals surface area contributed by atoms with E-state index in [1.807, 2.05) is 0 Å². The Morgan fingerprint density at radius 3 is 2.38 bits per heavy atom. The molecule has 0 aliphatic heterocycles. The van der Waals surface area contributed by atoms with Crippen LogP contribution in [0.4, 0.5) is 14.6 Å². The van der Waals surface area contributed by atoms with E-state index in [2.05, 4.69) is 4.98 Å². The van der Waals surface area contributed by atoms with Crippen LogP contribution in [0, 0.1) is 18.6 Å². The van der Waals surface area contributed by atoms with Crippen LogP contribution in [-0.2, 0) is 0 Å². The molecule has 2 nitrogen and oxygen atoms in total. The lowest BCUT2D eigenvalue weighted by molar-refractivity contribution is 0.618. The summed E-state index contributed by atoms with van der Waals surface area (Å²) in [6.07, 6.45) is 1.42. The molecular weight excluding hydrogens is 210 g/mol. The maximum absolute atomic E-state index is 13.3. The monoisotopic (exact) mass is 220 g/mol. The highest BCUT2D eigenvalue weighted by atomic mass is 19.1. The molecule has 0 amide bonds. The van der Waals surface area contributed by atoms with Gasteiger partial charge in [0.15, 0.2) is 11.6 Å². The van der Waals surface area contributed by atoms with Crippen LogP contribution < -0.4 is 5.73 Å². The molecule has 0 aliphatic carbocycles. The number of hydrogen-bond donors (Lipinski definition) is 1. The second kappa shape index (κ2) is 3.89. The predicted octanol–water partition coefficient (Wildman–Crippen LogP) is 2.92. The average Bonchev–Trinajstić information content (AvgIpc) is 2.26. The van der Waals surface area contributed by atoms with E-state index in [1.165, 1.54) is 18.3 Å². The summed E-state index contributed by atoms with van der Waals surface area (Å²) in [6, 6.07) is 5.94. The van der Waals surface area contributed by atoms with Gasteiger partial charge in [-0.15, -0.1) is 0 Å². The summed E-state index contributed by atoms with van der Waals surface area (Å²) < 4.78 is 26.5. The number of aryl methyl sites for hydroxylation is 1. The zero-order valence-electron chi connectivity index (χ0n) is 8.67. The van der Waals surface area contributed by atoms with Gasteiger partial charge in [-0.05, 0) is 30.2 Å². The lowest BCUT2D eigenvalue weighted by Gasteiger charge is -2.04. The molecule has 2 aromatic rings. The first-order valence-electron chi connectivity index (χ1n) is 4.75. The molecule has 0 saturated heterocycles. The van der Waals surface area contributed by atoms with E-state index < -0.39 is 5.82 Å². The zero-order valence-corrected chi connectivity index (χ0v) is 8.67. The van der Waals surface area contributed by atoms with E-state index in [1.54, 1.807) is 19.1 Å². The topological polar surface area (TPSA) is 38.9 Å². The molecule has 0 atom stereocenters. The van der Waals surface area contributed by atoms with Crippen molar-refractivity contribution in [2.24, 2.45) is 0 Å². The number of pyridine rings is 1. The van der Waals surface area contributed by atoms with Crippen LogP contribution in [0.5, 0.6) is 0 Å². The van der Waals surface area contributed by atoms with Gasteiger partial charge in [-0.3, -0.25) is 0 Å². The minimum absolute atomic E-state index is 0.156. The minimum Gasteiger partial charge on any atom is -0.381 e. The van der Waals surface area contributed by atoms with E-state index in [9.17, 15) is 8.78 Å². The quantitative estimate of drug-likeness (QED) is 0.802. The minimum atomic E-state index is -0.599. The maximum Gasteiger partial charge on any atom is 0.165 e. The molecule has 2 N–H and O–H groups in total. The van der Waals surface area contributed by atoms with Crippen molar-refractivity contribution < 1.29 is 8.78 Å². The standard InChI is InChI=1S/C12H10F2N2/c1-7-2-3-8(4-10(7)13)9-5-11(14)12(15)16-6-9/h2-6H,1H3,(H2,15,16). The van der Waals surface area contributed by atoms with Crippen LogP contribution in [0.2, 0.25) is 0 Å². The molecule has 1 aromatic carbocycles. The number of anilines is 1. The number of benzene rings is 1. The molecule has 16 heavy (non-hydrogen) atoms. The van der Waals surface area contributed by atoms with Crippen molar-refractivity contribution in [2.75, 3.05) is 5.73 Å². The number of nitrogens with zero attached hydrogens (tertiary/aromatic N) is 1. The first kappa shape index (κ1) is 10.5. The Kier molecular flexibility index (Phi) is 2.56. The van der Waals surface area contributed by atoms with Crippen molar-refractivity contribution in [3.63, 3.8) is 0 Å². The highest BCUT2D eigenvalue weighted by Gasteiger charge is 2.05. The van der Waals surface area contributed by atoms with Gasteiger partial charge < -0.3 is 5.73 Å². The highest BCUT2D eigenvalue weighted by molar-refractivity contribution is 5.64. The van der Waals surface area contributed by atoms with Gasteiger partial charge in [0.2, 0.25) is 0 Å². The van der Waals surface area contributed by atoms with E-state index >= 15 is 0 Å². The van der Waals surface area contributed by atoms with E-state index in [0.29, 0.717) is 16.7 Å². The Bertz CT molecular complexity index is 489. The first-order valence-corrected chi connectivity index (χ1v) is 4.75. The van der Waals surface area contributed by atoms with Crippen LogP contribution in [0.15, 0.2) is 30.5 Å². The number of aromatic nitrogens is 1. The largest absolute Gasteiger partial charge is 0.381 e. The molecule has 82 valence electrons. The Labute approximate surface area is 91.7 Å². The van der Waals surface area contributed by atoms with E-state index in [0.717, 1.165) is 0 Å². The van der Waals surface area contributed by atoms with Crippen LogP contribution in [0.1, 0.15) is 5.56 Å². The summed E-state index contributed by atoms with van der Waals surface area (Å²) in [7, 11) is 0. The summed E-state index contributed by atoms with van der Waals surface area (Å²) in [5.74, 6) is -1.08. The second-order valence-electron chi connectivity index (χ2n) is 3.56. The molecule has 0 saturated carbocycles. The third kappa shape index (κ3) is 1.86. The van der Waals surface area contributed by atoms with Crippen LogP contribution in [0.25, 0.3) is 11.1 Å². The molecule has 0 radical (unpaired) electrons. The van der Waals surface area contributed by atoms with Gasteiger partial charge >= 0.3 is 0 Å². The summed E-state index contributed by atoms with van der Waals surface area (Å²) in [4.78, 5) is 3.69. The zero-order chi connectivity index (χ0) is 11.7. The summed E-state index contributed by atoms with van der Waals surface area (Å²) in [5, 5.41) is 0. The SMILES string of the molecule is Cc1ccc(-c2cnc(N)c(F)c2)cc1F. The summed E-state index contributed by atoms with van der Waals surface area (Å²) in [6.45, 7) is 1.67. The fourth-order valence-corrected chi connectivity index (χ4v) is 1.38. The van der Waals surface area contributed by atoms with Gasteiger partial charge in [0.1, 0.15) is 5.82 Å². The number of nitrogen functional groups attached to an aromatic ring is 1. The Hall–Kier alpha value is -1.97. The van der Waals surface area contributed by atoms with Crippen molar-refractivity contribution >= 4 is 5.82 Å². The molecule has 4 heteroatoms. The highest BCUT2D eigenvalue weighted by Crippen LogP contribution is 2.23. The van der Waals surface area contributed by atoms with E-state index in [-0.39, 0.29) is 11.6 Å². The van der Waals surface area contributed by atoms with Gasteiger partial charge in [0.05, 0.1) is 0 Å². The fourth-order valence-electron chi connectivity index (χ4n) is 1.38. The van der Waals surface area contributed by atoms with Gasteiger partial charge in [0, 0.05) is 11.8 Å². The van der Waals surface area contributed by atoms with E-state index in [4.69, 9.17) is 5.73 Å². The Morgan fingerprint density at radius 1 is 1.06 bits per heavy atom. The molecule has 0 aliphatic rings. The third-order valence-electron chi connectivity index (χ3n) is 2.37. The molecule has 0 spiro atoms. The molecule has 0 fully saturated rings. The van der Waals surface area contributed by atoms with Gasteiger partial charge in [-0.1, -0.05) is 12.1 Å². The number of nitrogens with two attached hydrogens (primary N) is 1. The number of hydrogen-bond acceptors (Lipinski definition) is 2. The number of rotatable bonds is 1. The normalized spacial score (nSPS) is 10.4. The molecule has 0 bridgehead atoms. The first-order chi connectivity index (χ1) is 7.58. The third-order valence-corrected chi connectivity index (χ3v) is 2.37. The molecular formula is C12H10F2N2. The molecule has 1 heterocycles. The molecule has 1 aromatic heterocycles. The van der Waals surface area contributed by atoms with Crippen LogP contribution in [0.3, 0.4) is 0 Å². The average molecular weight is 220 g/mol. The second-order valence-corrected chi connectivity index (χ2v) is 3.56. The maximum atomic E-state index is 13.3. The van der Waals surface area contributed by atoms with Crippen molar-refractivity contribution in [1.29, 1.82) is 0 Å². The predicted molar refractivity (Wildman–Crippen MR) is 58.7 cm³/mol. The molecule has 2 rings (SSSR count). The van der Waals surface area contributed by atoms with Crippen molar-refractivity contribution in [1.82, 2.24) is 4.98 Å². The lowest BCUT2D eigenvalue weighted by Crippen LogP contribution is -1.95. The fraction of sp³-hybridized carbons (Fsp3) is 0.0833. The lowest BCUT2D eigenvalue weighted by atomic mass is 10.1. The smallest absolute Gasteiger partial charge is 0.165 e. The Morgan fingerprint density at radius 2 is 1.75 bits per heavy atom.